The second-order valence-electron chi connectivity index (χ2n) is 4.07. The molecule has 0 saturated heterocycles. The molecule has 4 nitrogen and oxygen atoms in total. The van der Waals surface area contributed by atoms with Gasteiger partial charge in [-0.25, -0.2) is 9.97 Å². The molecule has 1 N–H and O–H groups in total. The van der Waals surface area contributed by atoms with Crippen molar-refractivity contribution in [2.75, 3.05) is 20.3 Å². The Morgan fingerprint density at radius 2 is 2.20 bits per heavy atom. The molecule has 0 atom stereocenters. The zero-order chi connectivity index (χ0) is 14.2. The summed E-state index contributed by atoms with van der Waals surface area (Å²) in [5.74, 6) is 0. The molecule has 0 fully saturated rings. The van der Waals surface area contributed by atoms with E-state index in [0.717, 1.165) is 39.8 Å². The van der Waals surface area contributed by atoms with Crippen LogP contribution in [0.25, 0.3) is 0 Å². The van der Waals surface area contributed by atoms with Crippen LogP contribution < -0.4 is 5.32 Å². The molecular formula is C14H16BrN3OS. The number of halogens is 1. The summed E-state index contributed by atoms with van der Waals surface area (Å²) in [6, 6.07) is 7.96. The van der Waals surface area contributed by atoms with Crippen LogP contribution in [0.15, 0.2) is 51.2 Å². The maximum Gasteiger partial charge on any atom is 0.116 e. The summed E-state index contributed by atoms with van der Waals surface area (Å²) in [4.78, 5) is 8.76. The third-order valence-corrected chi connectivity index (χ3v) is 4.41. The van der Waals surface area contributed by atoms with Crippen LogP contribution in [0, 0.1) is 0 Å². The van der Waals surface area contributed by atoms with Crippen molar-refractivity contribution in [1.29, 1.82) is 0 Å². The number of hydrogen-bond acceptors (Lipinski definition) is 5. The Labute approximate surface area is 131 Å². The molecule has 6 heteroatoms. The molecular weight excluding hydrogens is 338 g/mol. The van der Waals surface area contributed by atoms with Crippen LogP contribution in [-0.4, -0.2) is 30.2 Å². The van der Waals surface area contributed by atoms with Gasteiger partial charge in [0.25, 0.3) is 0 Å². The van der Waals surface area contributed by atoms with Gasteiger partial charge in [0.15, 0.2) is 0 Å². The maximum atomic E-state index is 4.98. The number of hydrogen-bond donors (Lipinski definition) is 1. The first kappa shape index (κ1) is 15.4. The van der Waals surface area contributed by atoms with Crippen LogP contribution in [0.5, 0.6) is 0 Å². The van der Waals surface area contributed by atoms with Crippen molar-refractivity contribution in [2.45, 2.75) is 16.6 Å². The molecule has 0 saturated carbocycles. The van der Waals surface area contributed by atoms with E-state index in [1.165, 1.54) is 0 Å². The average Bonchev–Trinajstić information content (AvgIpc) is 2.48. The first-order valence-electron chi connectivity index (χ1n) is 6.22. The number of methoxy groups -OCH3 is 1. The predicted octanol–water partition coefficient (Wildman–Crippen LogP) is 3.13. The third-order valence-electron chi connectivity index (χ3n) is 2.54. The van der Waals surface area contributed by atoms with Crippen LogP contribution in [0.4, 0.5) is 0 Å². The van der Waals surface area contributed by atoms with Gasteiger partial charge >= 0.3 is 0 Å². The van der Waals surface area contributed by atoms with E-state index in [-0.39, 0.29) is 0 Å². The Morgan fingerprint density at radius 1 is 1.30 bits per heavy atom. The molecule has 2 heterocycles. The quantitative estimate of drug-likeness (QED) is 0.774. The summed E-state index contributed by atoms with van der Waals surface area (Å²) in [6.45, 7) is 2.36. The molecule has 0 unspecified atom stereocenters. The van der Waals surface area contributed by atoms with E-state index in [4.69, 9.17) is 4.74 Å². The van der Waals surface area contributed by atoms with Crippen molar-refractivity contribution < 1.29 is 4.74 Å². The zero-order valence-corrected chi connectivity index (χ0v) is 13.6. The summed E-state index contributed by atoms with van der Waals surface area (Å²) in [6.07, 6.45) is 3.67. The average molecular weight is 354 g/mol. The van der Waals surface area contributed by atoms with Gasteiger partial charge in [0, 0.05) is 32.6 Å². The lowest BCUT2D eigenvalue weighted by atomic mass is 10.3. The molecule has 0 spiro atoms. The van der Waals surface area contributed by atoms with Gasteiger partial charge in [-0.2, -0.15) is 0 Å². The third kappa shape index (κ3) is 4.86. The van der Waals surface area contributed by atoms with Gasteiger partial charge < -0.3 is 10.1 Å². The fourth-order valence-corrected chi connectivity index (χ4v) is 2.74. The molecule has 0 aliphatic heterocycles. The van der Waals surface area contributed by atoms with Crippen molar-refractivity contribution in [1.82, 2.24) is 15.3 Å². The Balaban J connectivity index is 1.90. The highest BCUT2D eigenvalue weighted by Crippen LogP contribution is 2.29. The Morgan fingerprint density at radius 3 is 2.90 bits per heavy atom. The summed E-state index contributed by atoms with van der Waals surface area (Å²) in [7, 11) is 1.70. The first-order valence-corrected chi connectivity index (χ1v) is 7.83. The smallest absolute Gasteiger partial charge is 0.116 e. The molecule has 2 aromatic rings. The Hall–Kier alpha value is -0.950. The number of nitrogens with zero attached hydrogens (tertiary/aromatic N) is 2. The fourth-order valence-electron chi connectivity index (χ4n) is 1.53. The molecule has 20 heavy (non-hydrogen) atoms. The van der Waals surface area contributed by atoms with Gasteiger partial charge in [-0.15, -0.1) is 0 Å². The minimum atomic E-state index is 0.717. The zero-order valence-electron chi connectivity index (χ0n) is 11.2. The van der Waals surface area contributed by atoms with Crippen LogP contribution in [0.2, 0.25) is 0 Å². The number of rotatable bonds is 7. The Bertz CT molecular complexity index is 536. The second kappa shape index (κ2) is 8.36. The lowest BCUT2D eigenvalue weighted by Crippen LogP contribution is -2.18. The number of pyridine rings is 2. The predicted molar refractivity (Wildman–Crippen MR) is 83.9 cm³/mol. The first-order chi connectivity index (χ1) is 9.79. The summed E-state index contributed by atoms with van der Waals surface area (Å²) in [5, 5.41) is 5.15. The lowest BCUT2D eigenvalue weighted by molar-refractivity contribution is 0.199. The number of nitrogens with one attached hydrogen (secondary N) is 1. The standard InChI is InChI=1S/C14H16BrN3OS/c1-19-8-7-16-9-11-4-5-13(18-10-11)20-14-12(15)3-2-6-17-14/h2-6,10,16H,7-9H2,1H3. The molecule has 0 bridgehead atoms. The van der Waals surface area contributed by atoms with Crippen molar-refractivity contribution in [3.8, 4) is 0 Å². The monoisotopic (exact) mass is 353 g/mol. The lowest BCUT2D eigenvalue weighted by Gasteiger charge is -2.05. The van der Waals surface area contributed by atoms with E-state index in [2.05, 4.69) is 37.3 Å². The van der Waals surface area contributed by atoms with E-state index in [1.807, 2.05) is 24.4 Å². The van der Waals surface area contributed by atoms with Gasteiger partial charge in [0.1, 0.15) is 10.1 Å². The molecule has 0 amide bonds. The van der Waals surface area contributed by atoms with Crippen molar-refractivity contribution in [2.24, 2.45) is 0 Å². The molecule has 0 aliphatic carbocycles. The second-order valence-corrected chi connectivity index (χ2v) is 5.93. The summed E-state index contributed by atoms with van der Waals surface area (Å²) < 4.78 is 5.97. The largest absolute Gasteiger partial charge is 0.383 e. The van der Waals surface area contributed by atoms with E-state index in [0.29, 0.717) is 0 Å². The van der Waals surface area contributed by atoms with Crippen LogP contribution in [0.1, 0.15) is 5.56 Å². The minimum absolute atomic E-state index is 0.717. The normalized spacial score (nSPS) is 10.7. The van der Waals surface area contributed by atoms with E-state index >= 15 is 0 Å². The highest BCUT2D eigenvalue weighted by Gasteiger charge is 2.04. The van der Waals surface area contributed by atoms with Gasteiger partial charge in [0.2, 0.25) is 0 Å². The molecule has 106 valence electrons. The minimum Gasteiger partial charge on any atom is -0.383 e. The van der Waals surface area contributed by atoms with Gasteiger partial charge in [-0.05, 0) is 51.5 Å². The highest BCUT2D eigenvalue weighted by molar-refractivity contribution is 9.10. The molecule has 2 rings (SSSR count). The molecule has 2 aromatic heterocycles. The van der Waals surface area contributed by atoms with E-state index < -0.39 is 0 Å². The highest BCUT2D eigenvalue weighted by atomic mass is 79.9. The molecule has 0 aliphatic rings. The van der Waals surface area contributed by atoms with Crippen LogP contribution in [0.3, 0.4) is 0 Å². The Kier molecular flexibility index (Phi) is 6.46. The molecule has 0 radical (unpaired) electrons. The topological polar surface area (TPSA) is 47.0 Å². The number of ether oxygens (including phenoxy) is 1. The maximum absolute atomic E-state index is 4.98. The van der Waals surface area contributed by atoms with Gasteiger partial charge in [-0.3, -0.25) is 0 Å². The summed E-state index contributed by atoms with van der Waals surface area (Å²) >= 11 is 5.03. The SMILES string of the molecule is COCCNCc1ccc(Sc2ncccc2Br)nc1. The molecule has 0 aromatic carbocycles. The summed E-state index contributed by atoms with van der Waals surface area (Å²) in [5.41, 5.74) is 1.16. The van der Waals surface area contributed by atoms with Crippen LogP contribution in [-0.2, 0) is 11.3 Å². The van der Waals surface area contributed by atoms with E-state index in [9.17, 15) is 0 Å². The fraction of sp³-hybridized carbons (Fsp3) is 0.286. The van der Waals surface area contributed by atoms with Crippen molar-refractivity contribution in [3.63, 3.8) is 0 Å². The van der Waals surface area contributed by atoms with E-state index in [1.54, 1.807) is 25.1 Å². The van der Waals surface area contributed by atoms with Crippen LogP contribution >= 0.6 is 27.7 Å². The van der Waals surface area contributed by atoms with Gasteiger partial charge in [0.05, 0.1) is 11.1 Å². The van der Waals surface area contributed by atoms with Crippen molar-refractivity contribution >= 4 is 27.7 Å². The van der Waals surface area contributed by atoms with Crippen molar-refractivity contribution in [3.05, 3.63) is 46.7 Å². The van der Waals surface area contributed by atoms with Gasteiger partial charge in [-0.1, -0.05) is 6.07 Å². The number of aromatic nitrogens is 2.